The van der Waals surface area contributed by atoms with Crippen molar-refractivity contribution < 1.29 is 8.42 Å². The van der Waals surface area contributed by atoms with Gasteiger partial charge < -0.3 is 0 Å². The molecule has 92 valence electrons. The van der Waals surface area contributed by atoms with E-state index in [4.69, 9.17) is 5.26 Å². The molecule has 1 aromatic carbocycles. The van der Waals surface area contributed by atoms with Crippen molar-refractivity contribution >= 4 is 10.0 Å². The van der Waals surface area contributed by atoms with Crippen molar-refractivity contribution in [2.24, 2.45) is 5.92 Å². The molecule has 0 fully saturated rings. The first-order chi connectivity index (χ1) is 7.87. The molecule has 5 heteroatoms. The van der Waals surface area contributed by atoms with Crippen molar-refractivity contribution in [3.8, 4) is 6.07 Å². The monoisotopic (exact) mass is 252 g/mol. The lowest BCUT2D eigenvalue weighted by Crippen LogP contribution is -2.30. The zero-order valence-electron chi connectivity index (χ0n) is 10.2. The lowest BCUT2D eigenvalue weighted by molar-refractivity contribution is 0.417. The Hall–Kier alpha value is -1.38. The van der Waals surface area contributed by atoms with Crippen LogP contribution >= 0.6 is 0 Å². The molecule has 0 bridgehead atoms. The first-order valence-electron chi connectivity index (χ1n) is 5.34. The Morgan fingerprint density at radius 2 is 1.82 bits per heavy atom. The summed E-state index contributed by atoms with van der Waals surface area (Å²) in [4.78, 5) is 0.222. The van der Waals surface area contributed by atoms with Gasteiger partial charge in [0, 0.05) is 13.6 Å². The highest BCUT2D eigenvalue weighted by atomic mass is 32.2. The maximum absolute atomic E-state index is 12.1. The minimum absolute atomic E-state index is 0.222. The molecule has 0 saturated heterocycles. The van der Waals surface area contributed by atoms with Gasteiger partial charge in [0.05, 0.1) is 16.5 Å². The maximum atomic E-state index is 12.1. The molecule has 1 rings (SSSR count). The highest BCUT2D eigenvalue weighted by molar-refractivity contribution is 7.89. The highest BCUT2D eigenvalue weighted by Gasteiger charge is 2.20. The second-order valence-corrected chi connectivity index (χ2v) is 6.36. The quantitative estimate of drug-likeness (QED) is 0.821. The van der Waals surface area contributed by atoms with Crippen LogP contribution in [-0.2, 0) is 10.0 Å². The van der Waals surface area contributed by atoms with E-state index in [2.05, 4.69) is 0 Å². The summed E-state index contributed by atoms with van der Waals surface area (Å²) in [5.41, 5.74) is 0.454. The zero-order chi connectivity index (χ0) is 13.1. The van der Waals surface area contributed by atoms with Crippen molar-refractivity contribution in [3.63, 3.8) is 0 Å². The van der Waals surface area contributed by atoms with Gasteiger partial charge in [-0.05, 0) is 30.2 Å². The minimum Gasteiger partial charge on any atom is -0.207 e. The lowest BCUT2D eigenvalue weighted by Gasteiger charge is -2.19. The average molecular weight is 252 g/mol. The Bertz CT molecular complexity index is 512. The predicted octanol–water partition coefficient (Wildman–Crippen LogP) is 1.83. The molecule has 0 aliphatic rings. The topological polar surface area (TPSA) is 61.2 Å². The van der Waals surface area contributed by atoms with E-state index < -0.39 is 10.0 Å². The Kier molecular flexibility index (Phi) is 4.27. The third-order valence-corrected chi connectivity index (χ3v) is 4.15. The summed E-state index contributed by atoms with van der Waals surface area (Å²) in [5, 5.41) is 8.65. The average Bonchev–Trinajstić information content (AvgIpc) is 2.28. The number of nitrogens with zero attached hydrogens (tertiary/aromatic N) is 2. The molecular formula is C12H16N2O2S. The van der Waals surface area contributed by atoms with Gasteiger partial charge in [-0.3, -0.25) is 0 Å². The molecule has 0 aromatic heterocycles. The van der Waals surface area contributed by atoms with E-state index in [-0.39, 0.29) is 10.8 Å². The van der Waals surface area contributed by atoms with Gasteiger partial charge in [0.25, 0.3) is 0 Å². The Morgan fingerprint density at radius 3 is 2.24 bits per heavy atom. The molecule has 4 nitrogen and oxygen atoms in total. The van der Waals surface area contributed by atoms with Crippen LogP contribution in [0.2, 0.25) is 0 Å². The van der Waals surface area contributed by atoms with Crippen LogP contribution in [0.25, 0.3) is 0 Å². The third-order valence-electron chi connectivity index (χ3n) is 2.31. The molecule has 0 spiro atoms. The number of benzene rings is 1. The summed E-state index contributed by atoms with van der Waals surface area (Å²) in [6.45, 7) is 4.40. The molecule has 0 unspecified atom stereocenters. The number of nitriles is 1. The number of sulfonamides is 1. The summed E-state index contributed by atoms with van der Waals surface area (Å²) in [6, 6.07) is 7.90. The second-order valence-electron chi connectivity index (χ2n) is 4.32. The van der Waals surface area contributed by atoms with Crippen molar-refractivity contribution in [1.82, 2.24) is 4.31 Å². The summed E-state index contributed by atoms with van der Waals surface area (Å²) >= 11 is 0. The molecule has 17 heavy (non-hydrogen) atoms. The molecule has 0 heterocycles. The minimum atomic E-state index is -3.44. The molecular weight excluding hydrogens is 236 g/mol. The molecule has 1 aromatic rings. The van der Waals surface area contributed by atoms with Gasteiger partial charge >= 0.3 is 0 Å². The van der Waals surface area contributed by atoms with Crippen LogP contribution in [0.4, 0.5) is 0 Å². The summed E-state index contributed by atoms with van der Waals surface area (Å²) in [5.74, 6) is 0.271. The Morgan fingerprint density at radius 1 is 1.29 bits per heavy atom. The highest BCUT2D eigenvalue weighted by Crippen LogP contribution is 2.15. The van der Waals surface area contributed by atoms with E-state index >= 15 is 0 Å². The van der Waals surface area contributed by atoms with Gasteiger partial charge in [0.2, 0.25) is 10.0 Å². The zero-order valence-corrected chi connectivity index (χ0v) is 11.0. The van der Waals surface area contributed by atoms with Gasteiger partial charge in [-0.1, -0.05) is 13.8 Å². The van der Waals surface area contributed by atoms with Crippen LogP contribution in [0.1, 0.15) is 19.4 Å². The van der Waals surface area contributed by atoms with Crippen molar-refractivity contribution in [2.45, 2.75) is 18.7 Å². The van der Waals surface area contributed by atoms with E-state index in [9.17, 15) is 8.42 Å². The normalized spacial score (nSPS) is 11.8. The van der Waals surface area contributed by atoms with E-state index in [1.165, 1.54) is 28.6 Å². The van der Waals surface area contributed by atoms with Gasteiger partial charge in [0.1, 0.15) is 0 Å². The van der Waals surface area contributed by atoms with Crippen LogP contribution in [0, 0.1) is 17.2 Å². The van der Waals surface area contributed by atoms with Crippen LogP contribution in [-0.4, -0.2) is 26.3 Å². The fourth-order valence-corrected chi connectivity index (χ4v) is 2.83. The predicted molar refractivity (Wildman–Crippen MR) is 65.8 cm³/mol. The van der Waals surface area contributed by atoms with Gasteiger partial charge in [-0.2, -0.15) is 5.26 Å². The molecule has 0 N–H and O–H groups in total. The molecule has 0 atom stereocenters. The second kappa shape index (κ2) is 5.30. The van der Waals surface area contributed by atoms with Gasteiger partial charge in [-0.15, -0.1) is 0 Å². The smallest absolute Gasteiger partial charge is 0.207 e. The summed E-state index contributed by atoms with van der Waals surface area (Å²) < 4.78 is 25.6. The van der Waals surface area contributed by atoms with Crippen LogP contribution in [0.3, 0.4) is 0 Å². The molecule has 0 aliphatic heterocycles. The summed E-state index contributed by atoms with van der Waals surface area (Å²) in [7, 11) is -1.87. The molecule has 0 amide bonds. The lowest BCUT2D eigenvalue weighted by atomic mass is 10.2. The number of hydrogen-bond donors (Lipinski definition) is 0. The first kappa shape index (κ1) is 13.7. The fourth-order valence-electron chi connectivity index (χ4n) is 1.49. The number of rotatable bonds is 4. The third kappa shape index (κ3) is 3.29. The van der Waals surface area contributed by atoms with Crippen LogP contribution in [0.5, 0.6) is 0 Å². The number of hydrogen-bond acceptors (Lipinski definition) is 3. The van der Waals surface area contributed by atoms with Crippen LogP contribution in [0.15, 0.2) is 29.2 Å². The van der Waals surface area contributed by atoms with Crippen LogP contribution < -0.4 is 0 Å². The SMILES string of the molecule is CC(C)CN(C)S(=O)(=O)c1ccc(C#N)cc1. The van der Waals surface area contributed by atoms with Gasteiger partial charge in [0.15, 0.2) is 0 Å². The van der Waals surface area contributed by atoms with E-state index in [1.54, 1.807) is 7.05 Å². The largest absolute Gasteiger partial charge is 0.242 e. The maximum Gasteiger partial charge on any atom is 0.242 e. The van der Waals surface area contributed by atoms with Crippen molar-refractivity contribution in [1.29, 1.82) is 5.26 Å². The standard InChI is InChI=1S/C12H16N2O2S/c1-10(2)9-14(3)17(15,16)12-6-4-11(8-13)5-7-12/h4-7,10H,9H2,1-3H3. The fraction of sp³-hybridized carbons (Fsp3) is 0.417. The van der Waals surface area contributed by atoms with E-state index in [1.807, 2.05) is 19.9 Å². The van der Waals surface area contributed by atoms with Crippen molar-refractivity contribution in [3.05, 3.63) is 29.8 Å². The Labute approximate surface area is 103 Å². The molecule has 0 radical (unpaired) electrons. The molecule has 0 saturated carbocycles. The van der Waals surface area contributed by atoms with E-state index in [0.717, 1.165) is 0 Å². The Balaban J connectivity index is 3.01. The van der Waals surface area contributed by atoms with Gasteiger partial charge in [-0.25, -0.2) is 12.7 Å². The van der Waals surface area contributed by atoms with E-state index in [0.29, 0.717) is 12.1 Å². The summed E-state index contributed by atoms with van der Waals surface area (Å²) in [6.07, 6.45) is 0. The first-order valence-corrected chi connectivity index (χ1v) is 6.78. The van der Waals surface area contributed by atoms with Crippen molar-refractivity contribution in [2.75, 3.05) is 13.6 Å². The molecule has 0 aliphatic carbocycles.